The van der Waals surface area contributed by atoms with Gasteiger partial charge in [0.1, 0.15) is 24.2 Å². The Morgan fingerprint density at radius 3 is 1.95 bits per heavy atom. The number of ether oxygens (including phenoxy) is 3. The van der Waals surface area contributed by atoms with Crippen LogP contribution in [-0.4, -0.2) is 84.5 Å². The lowest BCUT2D eigenvalue weighted by atomic mass is 9.98. The molecule has 0 aromatic heterocycles. The maximum atomic E-state index is 14.2. The lowest BCUT2D eigenvalue weighted by molar-refractivity contribution is -0.119. The number of aryl methyl sites for hydroxylation is 3. The molecule has 0 aliphatic carbocycles. The van der Waals surface area contributed by atoms with Gasteiger partial charge in [0, 0.05) is 63.6 Å². The van der Waals surface area contributed by atoms with E-state index in [1.54, 1.807) is 13.2 Å². The molecule has 0 saturated heterocycles. The van der Waals surface area contributed by atoms with E-state index < -0.39 is 25.9 Å². The summed E-state index contributed by atoms with van der Waals surface area (Å²) in [7, 11) is -0.0407. The quantitative estimate of drug-likeness (QED) is 0.0286. The van der Waals surface area contributed by atoms with Crippen molar-refractivity contribution in [3.63, 3.8) is 0 Å². The second kappa shape index (κ2) is 25.1. The zero-order chi connectivity index (χ0) is 55.1. The van der Waals surface area contributed by atoms with E-state index in [2.05, 4.69) is 22.8 Å². The van der Waals surface area contributed by atoms with Crippen molar-refractivity contribution in [1.82, 2.24) is 5.32 Å². The number of carbonyl (C=O) groups is 4. The van der Waals surface area contributed by atoms with Crippen LogP contribution in [0.15, 0.2) is 91.0 Å². The third-order valence-electron chi connectivity index (χ3n) is 15.4. The minimum atomic E-state index is -4.55. The fourth-order valence-corrected chi connectivity index (χ4v) is 15.0. The number of anilines is 3. The number of Topliss-reactive ketones (excluding diaryl/α,β-unsaturated/α-hetero) is 1. The van der Waals surface area contributed by atoms with E-state index in [1.165, 1.54) is 32.7 Å². The van der Waals surface area contributed by atoms with Crippen molar-refractivity contribution in [3.8, 4) is 17.2 Å². The second-order valence-electron chi connectivity index (χ2n) is 21.6. The number of amides is 3. The molecule has 1 unspecified atom stereocenters. The molecule has 9 rings (SSSR count). The van der Waals surface area contributed by atoms with Crippen LogP contribution in [0.5, 0.6) is 17.2 Å². The Morgan fingerprint density at radius 1 is 0.756 bits per heavy atom. The van der Waals surface area contributed by atoms with Gasteiger partial charge in [0.15, 0.2) is 17.3 Å². The Morgan fingerprint density at radius 2 is 1.35 bits per heavy atom. The SMILES string of the molecule is CCNCCCCCC(=O)C(CCSSC(C)(C)CCC(=O)Nc1cc(COc2cc3c(cc2C)C(=O)N2c4ccccc4C[C@H]2CC3)cc(COc2cc3c(cc2OC)C(=O)N2c4ccccc4C[C@H]2CC3)c1)S(=O)(=O)O. The maximum Gasteiger partial charge on any atom is 0.275 e. The van der Waals surface area contributed by atoms with E-state index in [0.29, 0.717) is 59.1 Å². The van der Waals surface area contributed by atoms with Crippen molar-refractivity contribution in [3.05, 3.63) is 141 Å². The average Bonchev–Trinajstić information content (AvgIpc) is 4.10. The predicted molar refractivity (Wildman–Crippen MR) is 311 cm³/mol. The molecule has 0 spiro atoms. The molecule has 414 valence electrons. The van der Waals surface area contributed by atoms with Crippen molar-refractivity contribution in [1.29, 1.82) is 0 Å². The number of methoxy groups -OCH3 is 1. The third-order valence-corrected chi connectivity index (χ3v) is 20.0. The fourth-order valence-electron chi connectivity index (χ4n) is 11.3. The zero-order valence-corrected chi connectivity index (χ0v) is 47.8. The molecule has 3 amide bonds. The molecular weight excluding hydrogens is 1040 g/mol. The molecule has 4 aliphatic rings. The molecule has 3 atom stereocenters. The Labute approximate surface area is 467 Å². The molecule has 0 bridgehead atoms. The smallest absolute Gasteiger partial charge is 0.275 e. The first-order valence-electron chi connectivity index (χ1n) is 27.4. The summed E-state index contributed by atoms with van der Waals surface area (Å²) in [5.74, 6) is 1.25. The summed E-state index contributed by atoms with van der Waals surface area (Å²) in [5, 5.41) is 4.90. The minimum absolute atomic E-state index is 0.00323. The number of unbranched alkanes of at least 4 members (excludes halogenated alkanes) is 2. The molecule has 14 nitrogen and oxygen atoms in total. The second-order valence-corrected chi connectivity index (χ2v) is 26.3. The van der Waals surface area contributed by atoms with Crippen molar-refractivity contribution in [2.24, 2.45) is 0 Å². The monoisotopic (exact) mass is 1120 g/mol. The Hall–Kier alpha value is -5.85. The average molecular weight is 1120 g/mol. The zero-order valence-electron chi connectivity index (χ0n) is 45.4. The molecule has 0 fully saturated rings. The van der Waals surface area contributed by atoms with E-state index >= 15 is 0 Å². The van der Waals surface area contributed by atoms with Crippen molar-refractivity contribution < 1.29 is 46.4 Å². The van der Waals surface area contributed by atoms with E-state index in [-0.39, 0.29) is 62.3 Å². The van der Waals surface area contributed by atoms with Crippen LogP contribution in [0, 0.1) is 6.92 Å². The van der Waals surface area contributed by atoms with Gasteiger partial charge < -0.3 is 34.6 Å². The molecule has 0 radical (unpaired) electrons. The van der Waals surface area contributed by atoms with Gasteiger partial charge in [-0.3, -0.25) is 23.7 Å². The molecule has 3 N–H and O–H groups in total. The Kier molecular flexibility index (Phi) is 18.3. The van der Waals surface area contributed by atoms with Gasteiger partial charge >= 0.3 is 0 Å². The van der Waals surface area contributed by atoms with Crippen molar-refractivity contribution >= 4 is 72.3 Å². The topological polar surface area (TPSA) is 181 Å². The number of carbonyl (C=O) groups excluding carboxylic acids is 4. The third kappa shape index (κ3) is 13.4. The van der Waals surface area contributed by atoms with Gasteiger partial charge in [-0.1, -0.05) is 71.3 Å². The van der Waals surface area contributed by atoms with Crippen LogP contribution in [0.1, 0.15) is 138 Å². The molecule has 4 heterocycles. The fraction of sp³-hybridized carbons (Fsp3) is 0.443. The number of fused-ring (bicyclic) bond motifs is 8. The summed E-state index contributed by atoms with van der Waals surface area (Å²) in [6.07, 6.45) is 7.80. The lowest BCUT2D eigenvalue weighted by Gasteiger charge is -2.23. The number of hydrogen-bond acceptors (Lipinski definition) is 12. The number of hydrogen-bond donors (Lipinski definition) is 3. The van der Waals surface area contributed by atoms with Crippen LogP contribution in [0.3, 0.4) is 0 Å². The largest absolute Gasteiger partial charge is 0.493 e. The summed E-state index contributed by atoms with van der Waals surface area (Å²) in [6.45, 7) is 9.99. The lowest BCUT2D eigenvalue weighted by Crippen LogP contribution is -2.36. The highest BCUT2D eigenvalue weighted by Crippen LogP contribution is 2.43. The van der Waals surface area contributed by atoms with Gasteiger partial charge in [-0.15, -0.1) is 0 Å². The van der Waals surface area contributed by atoms with E-state index in [0.717, 1.165) is 97.2 Å². The van der Waals surface area contributed by atoms with Crippen LogP contribution < -0.4 is 34.6 Å². The van der Waals surface area contributed by atoms with Crippen LogP contribution in [0.25, 0.3) is 0 Å². The number of benzene rings is 5. The molecule has 0 saturated carbocycles. The predicted octanol–water partition coefficient (Wildman–Crippen LogP) is 11.5. The number of ketones is 1. The van der Waals surface area contributed by atoms with Gasteiger partial charge in [-0.2, -0.15) is 8.42 Å². The first kappa shape index (κ1) is 56.9. The van der Waals surface area contributed by atoms with Crippen molar-refractivity contribution in [2.45, 2.75) is 146 Å². The standard InChI is InChI=1S/C61H72N4O10S3/c1-6-62-26-13-7-8-18-53(66)57(78(70,71)72)24-27-76-77-61(3,4)25-23-58(67)63-46-30-40(37-74-54-34-42-19-21-47-32-44-14-9-11-16-51(44)64(47)59(68)49(42)28-39(54)2)29-41(31-46)38-75-56-35-43-20-22-48-33-45-15-10-12-17-52(45)65(48)60(69)50(43)36-55(56)73-5/h9-12,14-17,28-31,34-36,47-48,57,62H,6-8,13,18-27,32-33,37-38H2,1-5H3,(H,63,67)(H,70,71,72)/t47-,48-,57?/m1/s1. The molecule has 17 heteroatoms. The van der Waals surface area contributed by atoms with Gasteiger partial charge in [-0.25, -0.2) is 0 Å². The normalized spacial score (nSPS) is 16.9. The van der Waals surface area contributed by atoms with Crippen LogP contribution >= 0.6 is 21.6 Å². The highest BCUT2D eigenvalue weighted by atomic mass is 33.1. The summed E-state index contributed by atoms with van der Waals surface area (Å²) in [5.41, 5.74) is 10.4. The first-order valence-corrected chi connectivity index (χ1v) is 31.2. The van der Waals surface area contributed by atoms with E-state index in [9.17, 15) is 32.1 Å². The van der Waals surface area contributed by atoms with Gasteiger partial charge in [0.05, 0.1) is 7.11 Å². The molecule has 78 heavy (non-hydrogen) atoms. The van der Waals surface area contributed by atoms with Gasteiger partial charge in [0.2, 0.25) is 5.91 Å². The Balaban J connectivity index is 0.876. The molecule has 5 aromatic carbocycles. The molecule has 4 aliphatic heterocycles. The highest BCUT2D eigenvalue weighted by molar-refractivity contribution is 8.77. The summed E-state index contributed by atoms with van der Waals surface area (Å²) in [4.78, 5) is 58.9. The molecular formula is C61H72N4O10S3. The van der Waals surface area contributed by atoms with Crippen LogP contribution in [0.2, 0.25) is 0 Å². The maximum absolute atomic E-state index is 14.2. The Bertz CT molecular complexity index is 3160. The van der Waals surface area contributed by atoms with Gasteiger partial charge in [0.25, 0.3) is 21.9 Å². The minimum Gasteiger partial charge on any atom is -0.493 e. The number of rotatable bonds is 25. The highest BCUT2D eigenvalue weighted by Gasteiger charge is 2.39. The van der Waals surface area contributed by atoms with Crippen molar-refractivity contribution in [2.75, 3.05) is 41.1 Å². The van der Waals surface area contributed by atoms with Crippen LogP contribution in [0.4, 0.5) is 17.1 Å². The number of nitrogens with one attached hydrogen (secondary N) is 2. The summed E-state index contributed by atoms with van der Waals surface area (Å²) < 4.78 is 53.0. The van der Waals surface area contributed by atoms with Gasteiger partial charge in [-0.05, 0) is 192 Å². The number of nitrogens with zero attached hydrogens (tertiary/aromatic N) is 2. The van der Waals surface area contributed by atoms with E-state index in [4.69, 9.17) is 14.2 Å². The summed E-state index contributed by atoms with van der Waals surface area (Å²) >= 11 is 0. The van der Waals surface area contributed by atoms with E-state index in [1.807, 2.05) is 110 Å². The number of para-hydroxylation sites is 2. The molecule has 5 aromatic rings. The van der Waals surface area contributed by atoms with Crippen LogP contribution in [-0.2, 0) is 58.6 Å². The summed E-state index contributed by atoms with van der Waals surface area (Å²) in [6, 6.07) is 29.8. The first-order chi connectivity index (χ1) is 37.5.